The fraction of sp³-hybridized carbons (Fsp3) is 0.567. The van der Waals surface area contributed by atoms with E-state index in [1.54, 1.807) is 19.0 Å². The third-order valence-corrected chi connectivity index (χ3v) is 9.06. The molecule has 0 bridgehead atoms. The van der Waals surface area contributed by atoms with Crippen LogP contribution in [0, 0.1) is 17.3 Å². The molecule has 0 aromatic heterocycles. The summed E-state index contributed by atoms with van der Waals surface area (Å²) < 4.78 is 0. The lowest BCUT2D eigenvalue weighted by Gasteiger charge is -2.50. The first-order valence-corrected chi connectivity index (χ1v) is 13.6. The number of aliphatic hydroxyl groups excluding tert-OH is 2. The number of fused-ring (bicyclic) bond motifs is 3. The van der Waals surface area contributed by atoms with Crippen LogP contribution in [0.2, 0.25) is 0 Å². The first-order chi connectivity index (χ1) is 18.5. The van der Waals surface area contributed by atoms with E-state index in [0.29, 0.717) is 17.7 Å². The molecule has 4 aliphatic rings. The highest BCUT2D eigenvalue weighted by Gasteiger charge is 2.64. The van der Waals surface area contributed by atoms with E-state index < -0.39 is 57.9 Å². The highest BCUT2D eigenvalue weighted by molar-refractivity contribution is 6.25. The molecule has 1 aromatic rings. The third kappa shape index (κ3) is 3.91. The number of likely N-dealkylation sites (tertiary alicyclic amines) is 1. The Balaban J connectivity index is 1.68. The molecule has 2 fully saturated rings. The summed E-state index contributed by atoms with van der Waals surface area (Å²) in [5, 5.41) is 46.0. The number of carbonyl (C=O) groups is 3. The molecule has 216 valence electrons. The number of anilines is 1. The second-order valence-electron chi connectivity index (χ2n) is 13.1. The second-order valence-corrected chi connectivity index (χ2v) is 13.1. The van der Waals surface area contributed by atoms with Gasteiger partial charge in [0, 0.05) is 56.5 Å². The normalized spacial score (nSPS) is 29.7. The van der Waals surface area contributed by atoms with E-state index in [9.17, 15) is 34.8 Å². The van der Waals surface area contributed by atoms with Gasteiger partial charge >= 0.3 is 0 Å². The average Bonchev–Trinajstić information content (AvgIpc) is 2.81. The molecule has 5 rings (SSSR count). The van der Waals surface area contributed by atoms with Gasteiger partial charge in [-0.25, -0.2) is 0 Å². The number of nitrogens with zero attached hydrogens (tertiary/aromatic N) is 3. The number of carbonyl (C=O) groups excluding carboxylic acids is 3. The maximum Gasteiger partial charge on any atom is 0.202 e. The van der Waals surface area contributed by atoms with Crippen LogP contribution in [0.4, 0.5) is 5.69 Å². The molecule has 0 radical (unpaired) electrons. The molecule has 0 spiro atoms. The largest absolute Gasteiger partial charge is 0.508 e. The number of aliphatic hydroxyl groups is 3. The van der Waals surface area contributed by atoms with E-state index in [1.807, 2.05) is 25.1 Å². The minimum Gasteiger partial charge on any atom is -0.508 e. The Morgan fingerprint density at radius 2 is 1.73 bits per heavy atom. The maximum absolute atomic E-state index is 14.1. The van der Waals surface area contributed by atoms with Crippen molar-refractivity contribution < 1.29 is 34.8 Å². The van der Waals surface area contributed by atoms with Crippen molar-refractivity contribution in [1.29, 1.82) is 0 Å². The molecular formula is C30H39N3O7. The number of aromatic hydroxyl groups is 1. The third-order valence-electron chi connectivity index (χ3n) is 9.06. The lowest BCUT2D eigenvalue weighted by molar-refractivity contribution is -0.153. The van der Waals surface area contributed by atoms with Crippen molar-refractivity contribution in [2.24, 2.45) is 17.3 Å². The molecule has 3 aliphatic carbocycles. The number of likely N-dealkylation sites (N-methyl/N-ethyl adjacent to an activating group) is 1. The molecule has 0 unspecified atom stereocenters. The van der Waals surface area contributed by atoms with Crippen LogP contribution < -0.4 is 4.90 Å². The summed E-state index contributed by atoms with van der Waals surface area (Å²) in [6, 6.07) is 0.887. The van der Waals surface area contributed by atoms with Crippen LogP contribution in [-0.2, 0) is 27.3 Å². The lowest BCUT2D eigenvalue weighted by Crippen LogP contribution is -2.65. The molecule has 1 saturated carbocycles. The van der Waals surface area contributed by atoms with Crippen LogP contribution in [0.3, 0.4) is 0 Å². The van der Waals surface area contributed by atoms with Crippen LogP contribution in [0.5, 0.6) is 5.75 Å². The number of hydrogen-bond acceptors (Lipinski definition) is 10. The van der Waals surface area contributed by atoms with Crippen molar-refractivity contribution in [3.05, 3.63) is 39.7 Å². The van der Waals surface area contributed by atoms with Gasteiger partial charge in [-0.1, -0.05) is 13.8 Å². The molecule has 10 heteroatoms. The molecular weight excluding hydrogens is 514 g/mol. The fourth-order valence-electron chi connectivity index (χ4n) is 7.48. The standard InChI is InChI=1S/C30H39N3O7/c1-14(34)20-26(37)23(32(6)7)18-9-15-8-17-19(31(4)5)10-16(11-33-12-29(2,3)13-33)24(35)22(17)25(36)21(15)28(39)30(18,40)27(20)38/h10,15,18,23,35-36,38,40H,8-9,11-13H2,1-7H3/t15-,18-,23-,30+/m0/s1. The van der Waals surface area contributed by atoms with Crippen LogP contribution in [0.1, 0.15) is 43.9 Å². The summed E-state index contributed by atoms with van der Waals surface area (Å²) >= 11 is 0. The minimum absolute atomic E-state index is 0.100. The fourth-order valence-corrected chi connectivity index (χ4v) is 7.48. The minimum atomic E-state index is -2.57. The van der Waals surface area contributed by atoms with Gasteiger partial charge in [0.1, 0.15) is 22.8 Å². The Hall–Kier alpha value is -3.21. The van der Waals surface area contributed by atoms with Crippen molar-refractivity contribution in [3.63, 3.8) is 0 Å². The number of phenols is 1. The van der Waals surface area contributed by atoms with Crippen molar-refractivity contribution in [2.75, 3.05) is 46.2 Å². The van der Waals surface area contributed by atoms with Crippen molar-refractivity contribution in [3.8, 4) is 5.75 Å². The molecule has 4 atom stereocenters. The zero-order valence-electron chi connectivity index (χ0n) is 24.2. The van der Waals surface area contributed by atoms with Crippen molar-refractivity contribution in [2.45, 2.75) is 51.8 Å². The van der Waals surface area contributed by atoms with Gasteiger partial charge in [0.05, 0.1) is 11.6 Å². The van der Waals surface area contributed by atoms with Crippen molar-refractivity contribution in [1.82, 2.24) is 9.80 Å². The molecule has 1 heterocycles. The van der Waals surface area contributed by atoms with Crippen LogP contribution in [0.25, 0.3) is 5.76 Å². The van der Waals surface area contributed by atoms with E-state index in [4.69, 9.17) is 0 Å². The summed E-state index contributed by atoms with van der Waals surface area (Å²) in [4.78, 5) is 45.5. The Morgan fingerprint density at radius 1 is 1.10 bits per heavy atom. The van der Waals surface area contributed by atoms with Crippen molar-refractivity contribution >= 4 is 28.8 Å². The van der Waals surface area contributed by atoms with E-state index in [0.717, 1.165) is 25.7 Å². The molecule has 10 nitrogen and oxygen atoms in total. The van der Waals surface area contributed by atoms with Gasteiger partial charge in [0.15, 0.2) is 17.2 Å². The first-order valence-electron chi connectivity index (χ1n) is 13.6. The quantitative estimate of drug-likeness (QED) is 0.400. The maximum atomic E-state index is 14.1. The zero-order chi connectivity index (χ0) is 29.6. The van der Waals surface area contributed by atoms with Crippen LogP contribution >= 0.6 is 0 Å². The Kier molecular flexibility index (Phi) is 6.48. The van der Waals surface area contributed by atoms with Gasteiger partial charge in [0.2, 0.25) is 5.78 Å². The van der Waals surface area contributed by atoms with Gasteiger partial charge in [-0.05, 0) is 56.8 Å². The zero-order valence-corrected chi connectivity index (χ0v) is 24.2. The van der Waals surface area contributed by atoms with Crippen LogP contribution in [-0.4, -0.2) is 100 Å². The predicted octanol–water partition coefficient (Wildman–Crippen LogP) is 1.98. The smallest absolute Gasteiger partial charge is 0.202 e. The van der Waals surface area contributed by atoms with E-state index in [2.05, 4.69) is 18.7 Å². The van der Waals surface area contributed by atoms with Gasteiger partial charge in [-0.3, -0.25) is 24.2 Å². The number of hydrogen-bond donors (Lipinski definition) is 4. The predicted molar refractivity (Wildman–Crippen MR) is 149 cm³/mol. The Labute approximate surface area is 234 Å². The summed E-state index contributed by atoms with van der Waals surface area (Å²) in [5.74, 6) is -5.49. The molecule has 4 N–H and O–H groups in total. The first kappa shape index (κ1) is 28.3. The molecule has 40 heavy (non-hydrogen) atoms. The monoisotopic (exact) mass is 553 g/mol. The number of ketones is 3. The summed E-state index contributed by atoms with van der Waals surface area (Å²) in [7, 11) is 6.99. The van der Waals surface area contributed by atoms with Crippen LogP contribution in [0.15, 0.2) is 23.0 Å². The highest BCUT2D eigenvalue weighted by atomic mass is 16.3. The number of phenolic OH excluding ortho intramolecular Hbond substituents is 1. The topological polar surface area (TPSA) is 142 Å². The molecule has 1 aliphatic heterocycles. The number of rotatable bonds is 5. The summed E-state index contributed by atoms with van der Waals surface area (Å²) in [5.41, 5.74) is -0.851. The Bertz CT molecular complexity index is 1400. The molecule has 1 saturated heterocycles. The second kappa shape index (κ2) is 9.15. The van der Waals surface area contributed by atoms with E-state index in [-0.39, 0.29) is 35.1 Å². The summed E-state index contributed by atoms with van der Waals surface area (Å²) in [6.45, 7) is 7.63. The SMILES string of the molecule is CC(=O)C1=C(O)[C@@]2(O)C(=O)C3=C(O)c4c(O)c(CN5CC(C)(C)C5)cc(N(C)C)c4C[C@H]3C[C@H]2[C@H](N(C)C)C1=O. The number of benzene rings is 1. The lowest BCUT2D eigenvalue weighted by atomic mass is 9.57. The van der Waals surface area contributed by atoms with E-state index in [1.165, 1.54) is 0 Å². The molecule has 1 aromatic carbocycles. The molecule has 0 amide bonds. The highest BCUT2D eigenvalue weighted by Crippen LogP contribution is 2.54. The average molecular weight is 554 g/mol. The van der Waals surface area contributed by atoms with Gasteiger partial charge in [-0.15, -0.1) is 0 Å². The number of Topliss-reactive ketones (excluding diaryl/α,β-unsaturated/α-hetero) is 3. The van der Waals surface area contributed by atoms with Gasteiger partial charge in [-0.2, -0.15) is 0 Å². The Morgan fingerprint density at radius 3 is 2.25 bits per heavy atom. The van der Waals surface area contributed by atoms with Gasteiger partial charge in [0.25, 0.3) is 0 Å². The summed E-state index contributed by atoms with van der Waals surface area (Å²) in [6.07, 6.45) is 0.382. The van der Waals surface area contributed by atoms with Gasteiger partial charge < -0.3 is 25.3 Å². The van der Waals surface area contributed by atoms with E-state index >= 15 is 0 Å².